The van der Waals surface area contributed by atoms with E-state index in [1.807, 2.05) is 0 Å². The molecule has 1 aliphatic rings. The molecule has 0 radical (unpaired) electrons. The van der Waals surface area contributed by atoms with E-state index in [9.17, 15) is 0 Å². The van der Waals surface area contributed by atoms with Crippen LogP contribution in [0.1, 0.15) is 18.1 Å². The molecule has 0 saturated heterocycles. The molecule has 1 aliphatic heterocycles. The Morgan fingerprint density at radius 3 is 3.08 bits per heavy atom. The lowest BCUT2D eigenvalue weighted by Crippen LogP contribution is -2.18. The van der Waals surface area contributed by atoms with E-state index in [4.69, 9.17) is 4.74 Å². The Morgan fingerprint density at radius 2 is 2.25 bits per heavy atom. The van der Waals surface area contributed by atoms with Crippen LogP contribution in [0.25, 0.3) is 0 Å². The van der Waals surface area contributed by atoms with E-state index in [2.05, 4.69) is 41.1 Å². The minimum Gasteiger partial charge on any atom is -0.373 e. The van der Waals surface area contributed by atoms with Gasteiger partial charge in [-0.1, -0.05) is 22.0 Å². The lowest BCUT2D eigenvalue weighted by molar-refractivity contribution is 0.0410. The lowest BCUT2D eigenvalue weighted by atomic mass is 10.0. The molecule has 1 nitrogen and oxygen atoms in total. The fourth-order valence-electron chi connectivity index (χ4n) is 1.53. The fraction of sp³-hybridized carbons (Fsp3) is 0.400. The van der Waals surface area contributed by atoms with Crippen LogP contribution in [-0.4, -0.2) is 6.10 Å². The quantitative estimate of drug-likeness (QED) is 0.662. The fourth-order valence-corrected chi connectivity index (χ4v) is 1.93. The molecule has 0 saturated carbocycles. The zero-order valence-electron chi connectivity index (χ0n) is 7.01. The molecule has 1 unspecified atom stereocenters. The molecule has 0 fully saturated rings. The topological polar surface area (TPSA) is 9.23 Å². The first kappa shape index (κ1) is 8.27. The van der Waals surface area contributed by atoms with Crippen molar-refractivity contribution in [3.05, 3.63) is 33.8 Å². The molecule has 0 aliphatic carbocycles. The molecule has 12 heavy (non-hydrogen) atoms. The standard InChI is InChI=1S/C10H11BrO/c1-7-4-9-5-10(11)3-2-8(9)6-12-7/h2-3,5,7H,4,6H2,1H3. The number of benzene rings is 1. The van der Waals surface area contributed by atoms with Crippen molar-refractivity contribution in [3.8, 4) is 0 Å². The molecule has 0 spiro atoms. The van der Waals surface area contributed by atoms with Gasteiger partial charge in [-0.25, -0.2) is 0 Å². The van der Waals surface area contributed by atoms with Gasteiger partial charge in [-0.05, 0) is 36.6 Å². The van der Waals surface area contributed by atoms with Crippen LogP contribution in [-0.2, 0) is 17.8 Å². The minimum atomic E-state index is 0.367. The predicted molar refractivity (Wildman–Crippen MR) is 52.1 cm³/mol. The summed E-state index contributed by atoms with van der Waals surface area (Å²) in [5, 5.41) is 0. The Balaban J connectivity index is 2.37. The normalized spacial score (nSPS) is 22.0. The molecule has 1 aromatic rings. The van der Waals surface area contributed by atoms with Crippen molar-refractivity contribution in [2.45, 2.75) is 26.1 Å². The molecule has 1 heterocycles. The highest BCUT2D eigenvalue weighted by Gasteiger charge is 2.14. The van der Waals surface area contributed by atoms with Gasteiger partial charge in [0.25, 0.3) is 0 Å². The average Bonchev–Trinajstić information content (AvgIpc) is 2.03. The maximum Gasteiger partial charge on any atom is 0.0723 e. The van der Waals surface area contributed by atoms with Crippen molar-refractivity contribution < 1.29 is 4.74 Å². The van der Waals surface area contributed by atoms with Gasteiger partial charge in [0.2, 0.25) is 0 Å². The van der Waals surface area contributed by atoms with Gasteiger partial charge < -0.3 is 4.74 Å². The average molecular weight is 227 g/mol. The van der Waals surface area contributed by atoms with Gasteiger partial charge in [0, 0.05) is 4.47 Å². The van der Waals surface area contributed by atoms with E-state index >= 15 is 0 Å². The van der Waals surface area contributed by atoms with E-state index < -0.39 is 0 Å². The van der Waals surface area contributed by atoms with E-state index in [1.165, 1.54) is 11.1 Å². The number of halogens is 1. The van der Waals surface area contributed by atoms with Gasteiger partial charge in [0.05, 0.1) is 12.7 Å². The zero-order valence-corrected chi connectivity index (χ0v) is 8.60. The molecule has 0 N–H and O–H groups in total. The molecule has 1 aromatic carbocycles. The number of rotatable bonds is 0. The Morgan fingerprint density at radius 1 is 1.42 bits per heavy atom. The summed E-state index contributed by atoms with van der Waals surface area (Å²) < 4.78 is 6.69. The highest BCUT2D eigenvalue weighted by molar-refractivity contribution is 9.10. The highest BCUT2D eigenvalue weighted by atomic mass is 79.9. The molecule has 0 aromatic heterocycles. The van der Waals surface area contributed by atoms with Crippen LogP contribution in [0.15, 0.2) is 22.7 Å². The maximum atomic E-state index is 5.53. The van der Waals surface area contributed by atoms with Crippen LogP contribution in [0.2, 0.25) is 0 Å². The molecular formula is C10H11BrO. The van der Waals surface area contributed by atoms with Crippen molar-refractivity contribution in [1.82, 2.24) is 0 Å². The predicted octanol–water partition coefficient (Wildman–Crippen LogP) is 2.91. The Kier molecular flexibility index (Phi) is 2.20. The van der Waals surface area contributed by atoms with Crippen LogP contribution >= 0.6 is 15.9 Å². The molecular weight excluding hydrogens is 216 g/mol. The summed E-state index contributed by atoms with van der Waals surface area (Å²) >= 11 is 3.47. The molecule has 0 amide bonds. The van der Waals surface area contributed by atoms with Crippen molar-refractivity contribution in [1.29, 1.82) is 0 Å². The lowest BCUT2D eigenvalue weighted by Gasteiger charge is -2.22. The molecule has 64 valence electrons. The second-order valence-electron chi connectivity index (χ2n) is 3.24. The first-order valence-corrected chi connectivity index (χ1v) is 4.94. The van der Waals surface area contributed by atoms with Crippen LogP contribution in [0.5, 0.6) is 0 Å². The number of ether oxygens (including phenoxy) is 1. The third-order valence-electron chi connectivity index (χ3n) is 2.20. The summed E-state index contributed by atoms with van der Waals surface area (Å²) in [6, 6.07) is 6.39. The highest BCUT2D eigenvalue weighted by Crippen LogP contribution is 2.23. The van der Waals surface area contributed by atoms with E-state index in [-0.39, 0.29) is 0 Å². The van der Waals surface area contributed by atoms with Gasteiger partial charge in [-0.2, -0.15) is 0 Å². The van der Waals surface area contributed by atoms with Gasteiger partial charge in [-0.3, -0.25) is 0 Å². The smallest absolute Gasteiger partial charge is 0.0723 e. The van der Waals surface area contributed by atoms with Gasteiger partial charge in [0.15, 0.2) is 0 Å². The van der Waals surface area contributed by atoms with Crippen molar-refractivity contribution >= 4 is 15.9 Å². The summed E-state index contributed by atoms with van der Waals surface area (Å²) in [6.07, 6.45) is 1.40. The van der Waals surface area contributed by atoms with Crippen molar-refractivity contribution in [2.24, 2.45) is 0 Å². The summed E-state index contributed by atoms with van der Waals surface area (Å²) in [6.45, 7) is 2.88. The van der Waals surface area contributed by atoms with Crippen LogP contribution in [0.3, 0.4) is 0 Å². The first-order chi connectivity index (χ1) is 5.75. The third-order valence-corrected chi connectivity index (χ3v) is 2.69. The summed E-state index contributed by atoms with van der Waals surface area (Å²) in [5.74, 6) is 0. The number of fused-ring (bicyclic) bond motifs is 1. The molecule has 2 heteroatoms. The summed E-state index contributed by atoms with van der Waals surface area (Å²) in [7, 11) is 0. The van der Waals surface area contributed by atoms with Gasteiger partial charge in [-0.15, -0.1) is 0 Å². The molecule has 0 bridgehead atoms. The molecule has 2 rings (SSSR count). The zero-order chi connectivity index (χ0) is 8.55. The second-order valence-corrected chi connectivity index (χ2v) is 4.15. The Labute approximate surface area is 80.9 Å². The minimum absolute atomic E-state index is 0.367. The van der Waals surface area contributed by atoms with Crippen molar-refractivity contribution in [3.63, 3.8) is 0 Å². The second kappa shape index (κ2) is 3.19. The van der Waals surface area contributed by atoms with Crippen LogP contribution in [0, 0.1) is 0 Å². The van der Waals surface area contributed by atoms with Gasteiger partial charge in [0.1, 0.15) is 0 Å². The molecule has 1 atom stereocenters. The Bertz CT molecular complexity index is 296. The van der Waals surface area contributed by atoms with E-state index in [0.717, 1.165) is 17.5 Å². The third kappa shape index (κ3) is 1.54. The number of hydrogen-bond donors (Lipinski definition) is 0. The maximum absolute atomic E-state index is 5.53. The monoisotopic (exact) mass is 226 g/mol. The van der Waals surface area contributed by atoms with E-state index in [1.54, 1.807) is 0 Å². The van der Waals surface area contributed by atoms with Crippen molar-refractivity contribution in [2.75, 3.05) is 0 Å². The van der Waals surface area contributed by atoms with Crippen LogP contribution < -0.4 is 0 Å². The summed E-state index contributed by atoms with van der Waals surface area (Å²) in [4.78, 5) is 0. The first-order valence-electron chi connectivity index (χ1n) is 4.14. The SMILES string of the molecule is CC1Cc2cc(Br)ccc2CO1. The largest absolute Gasteiger partial charge is 0.373 e. The van der Waals surface area contributed by atoms with Crippen LogP contribution in [0.4, 0.5) is 0 Å². The van der Waals surface area contributed by atoms with E-state index in [0.29, 0.717) is 6.10 Å². The summed E-state index contributed by atoms with van der Waals surface area (Å²) in [5.41, 5.74) is 2.75. The Hall–Kier alpha value is -0.340. The van der Waals surface area contributed by atoms with Gasteiger partial charge >= 0.3 is 0 Å². The number of hydrogen-bond acceptors (Lipinski definition) is 1.